The maximum atomic E-state index is 3.91. The zero-order valence-electron chi connectivity index (χ0n) is 6.23. The molecular formula is C7H7N5. The molecule has 0 amide bonds. The summed E-state index contributed by atoms with van der Waals surface area (Å²) in [6.07, 6.45) is 3.36. The molecule has 12 heavy (non-hydrogen) atoms. The third-order valence-electron chi connectivity index (χ3n) is 1.33. The molecule has 0 aliphatic carbocycles. The van der Waals surface area contributed by atoms with Gasteiger partial charge in [0.2, 0.25) is 0 Å². The van der Waals surface area contributed by atoms with E-state index >= 15 is 0 Å². The predicted octanol–water partition coefficient (Wildman–Crippen LogP) is 0.943. The minimum atomic E-state index is 0.685. The van der Waals surface area contributed by atoms with Gasteiger partial charge < -0.3 is 5.32 Å². The van der Waals surface area contributed by atoms with Gasteiger partial charge in [-0.15, -0.1) is 5.10 Å². The van der Waals surface area contributed by atoms with Crippen molar-refractivity contribution in [2.24, 2.45) is 0 Å². The van der Waals surface area contributed by atoms with E-state index in [0.717, 1.165) is 5.82 Å². The molecule has 2 rings (SSSR count). The van der Waals surface area contributed by atoms with Gasteiger partial charge in [-0.25, -0.2) is 0 Å². The van der Waals surface area contributed by atoms with Crippen molar-refractivity contribution in [1.82, 2.24) is 20.4 Å². The van der Waals surface area contributed by atoms with Crippen molar-refractivity contribution in [3.8, 4) is 0 Å². The van der Waals surface area contributed by atoms with E-state index in [1.165, 1.54) is 0 Å². The Morgan fingerprint density at radius 1 is 1.25 bits per heavy atom. The molecule has 0 unspecified atom stereocenters. The Hall–Kier alpha value is -1.91. The molecule has 0 aliphatic heterocycles. The second-order valence-electron chi connectivity index (χ2n) is 2.19. The quantitative estimate of drug-likeness (QED) is 0.688. The molecule has 0 fully saturated rings. The van der Waals surface area contributed by atoms with Gasteiger partial charge in [-0.1, -0.05) is 0 Å². The zero-order valence-corrected chi connectivity index (χ0v) is 6.23. The monoisotopic (exact) mass is 161 g/mol. The maximum absolute atomic E-state index is 3.91. The van der Waals surface area contributed by atoms with Crippen molar-refractivity contribution >= 4 is 11.6 Å². The molecule has 2 N–H and O–H groups in total. The summed E-state index contributed by atoms with van der Waals surface area (Å²) in [5.74, 6) is 1.42. The van der Waals surface area contributed by atoms with Crippen molar-refractivity contribution < 1.29 is 0 Å². The van der Waals surface area contributed by atoms with E-state index in [2.05, 4.69) is 25.7 Å². The smallest absolute Gasteiger partial charge is 0.154 e. The van der Waals surface area contributed by atoms with E-state index in [9.17, 15) is 0 Å². The van der Waals surface area contributed by atoms with Crippen LogP contribution < -0.4 is 5.32 Å². The van der Waals surface area contributed by atoms with E-state index in [1.807, 2.05) is 18.2 Å². The molecular weight excluding hydrogens is 154 g/mol. The summed E-state index contributed by atoms with van der Waals surface area (Å²) in [7, 11) is 0. The minimum absolute atomic E-state index is 0.685. The highest BCUT2D eigenvalue weighted by Crippen LogP contribution is 2.07. The summed E-state index contributed by atoms with van der Waals surface area (Å²) in [5.41, 5.74) is 0. The molecule has 2 heterocycles. The maximum Gasteiger partial charge on any atom is 0.154 e. The van der Waals surface area contributed by atoms with Crippen LogP contribution in [0.25, 0.3) is 0 Å². The Kier molecular flexibility index (Phi) is 1.69. The third-order valence-corrected chi connectivity index (χ3v) is 1.33. The van der Waals surface area contributed by atoms with Gasteiger partial charge in [0, 0.05) is 18.5 Å². The van der Waals surface area contributed by atoms with Gasteiger partial charge in [-0.2, -0.15) is 10.2 Å². The van der Waals surface area contributed by atoms with Gasteiger partial charge in [0.05, 0.1) is 0 Å². The first-order chi connectivity index (χ1) is 5.95. The summed E-state index contributed by atoms with van der Waals surface area (Å²) in [6.45, 7) is 0. The Labute approximate surface area is 68.8 Å². The van der Waals surface area contributed by atoms with Crippen LogP contribution in [-0.2, 0) is 0 Å². The second kappa shape index (κ2) is 3.00. The zero-order chi connectivity index (χ0) is 8.23. The number of hydrogen-bond acceptors (Lipinski definition) is 4. The van der Waals surface area contributed by atoms with Gasteiger partial charge in [-0.3, -0.25) is 5.10 Å². The first kappa shape index (κ1) is 6.78. The SMILES string of the molecule is c1cnnc(Nc2cc[nH]n2)c1. The van der Waals surface area contributed by atoms with Crippen LogP contribution >= 0.6 is 0 Å². The molecule has 2 aromatic heterocycles. The Morgan fingerprint density at radius 3 is 2.92 bits per heavy atom. The van der Waals surface area contributed by atoms with Crippen LogP contribution in [0.5, 0.6) is 0 Å². The lowest BCUT2D eigenvalue weighted by Gasteiger charge is -1.97. The van der Waals surface area contributed by atoms with Gasteiger partial charge in [0.1, 0.15) is 0 Å². The molecule has 0 radical (unpaired) electrons. The van der Waals surface area contributed by atoms with Crippen LogP contribution in [0.4, 0.5) is 11.6 Å². The molecule has 2 aromatic rings. The van der Waals surface area contributed by atoms with E-state index in [0.29, 0.717) is 5.82 Å². The average Bonchev–Trinajstić information content (AvgIpc) is 2.59. The summed E-state index contributed by atoms with van der Waals surface area (Å²) in [4.78, 5) is 0. The highest BCUT2D eigenvalue weighted by molar-refractivity contribution is 5.49. The van der Waals surface area contributed by atoms with Crippen molar-refractivity contribution in [2.75, 3.05) is 5.32 Å². The van der Waals surface area contributed by atoms with Crippen LogP contribution in [-0.4, -0.2) is 20.4 Å². The highest BCUT2D eigenvalue weighted by Gasteiger charge is 1.94. The number of anilines is 2. The number of aromatic nitrogens is 4. The van der Waals surface area contributed by atoms with Crippen molar-refractivity contribution in [3.63, 3.8) is 0 Å². The fourth-order valence-corrected chi connectivity index (χ4v) is 0.829. The number of aromatic amines is 1. The van der Waals surface area contributed by atoms with Crippen LogP contribution in [0.1, 0.15) is 0 Å². The molecule has 0 saturated heterocycles. The molecule has 5 nitrogen and oxygen atoms in total. The number of nitrogens with one attached hydrogen (secondary N) is 2. The molecule has 0 aliphatic rings. The Balaban J connectivity index is 2.15. The lowest BCUT2D eigenvalue weighted by molar-refractivity contribution is 1.03. The lowest BCUT2D eigenvalue weighted by atomic mass is 10.5. The Bertz CT molecular complexity index is 328. The van der Waals surface area contributed by atoms with Gasteiger partial charge >= 0.3 is 0 Å². The van der Waals surface area contributed by atoms with Gasteiger partial charge in [0.15, 0.2) is 11.6 Å². The number of rotatable bonds is 2. The molecule has 0 saturated carbocycles. The van der Waals surface area contributed by atoms with E-state index in [-0.39, 0.29) is 0 Å². The average molecular weight is 161 g/mol. The van der Waals surface area contributed by atoms with Crippen molar-refractivity contribution in [2.45, 2.75) is 0 Å². The summed E-state index contributed by atoms with van der Waals surface area (Å²) in [6, 6.07) is 5.44. The molecule has 5 heteroatoms. The van der Waals surface area contributed by atoms with Crippen LogP contribution in [0.2, 0.25) is 0 Å². The lowest BCUT2D eigenvalue weighted by Crippen LogP contribution is -1.94. The first-order valence-corrected chi connectivity index (χ1v) is 3.50. The fourth-order valence-electron chi connectivity index (χ4n) is 0.829. The van der Waals surface area contributed by atoms with E-state index in [1.54, 1.807) is 12.4 Å². The summed E-state index contributed by atoms with van der Waals surface area (Å²) < 4.78 is 0. The highest BCUT2D eigenvalue weighted by atomic mass is 15.2. The number of H-pyrrole nitrogens is 1. The third kappa shape index (κ3) is 1.39. The molecule has 0 atom stereocenters. The molecule has 0 bridgehead atoms. The normalized spacial score (nSPS) is 9.67. The van der Waals surface area contributed by atoms with Crippen molar-refractivity contribution in [1.29, 1.82) is 0 Å². The first-order valence-electron chi connectivity index (χ1n) is 3.50. The number of hydrogen-bond donors (Lipinski definition) is 2. The summed E-state index contributed by atoms with van der Waals surface area (Å²) in [5, 5.41) is 17.1. The molecule has 60 valence electrons. The van der Waals surface area contributed by atoms with E-state index in [4.69, 9.17) is 0 Å². The van der Waals surface area contributed by atoms with Gasteiger partial charge in [-0.05, 0) is 12.1 Å². The second-order valence-corrected chi connectivity index (χ2v) is 2.19. The Morgan fingerprint density at radius 2 is 2.25 bits per heavy atom. The topological polar surface area (TPSA) is 66.5 Å². The number of nitrogens with zero attached hydrogens (tertiary/aromatic N) is 3. The van der Waals surface area contributed by atoms with E-state index < -0.39 is 0 Å². The van der Waals surface area contributed by atoms with Crippen LogP contribution in [0, 0.1) is 0 Å². The van der Waals surface area contributed by atoms with Crippen molar-refractivity contribution in [3.05, 3.63) is 30.6 Å². The van der Waals surface area contributed by atoms with Crippen LogP contribution in [0.3, 0.4) is 0 Å². The van der Waals surface area contributed by atoms with Gasteiger partial charge in [0.25, 0.3) is 0 Å². The molecule has 0 aromatic carbocycles. The van der Waals surface area contributed by atoms with Crippen LogP contribution in [0.15, 0.2) is 30.6 Å². The minimum Gasteiger partial charge on any atom is -0.322 e. The summed E-state index contributed by atoms with van der Waals surface area (Å²) >= 11 is 0. The predicted molar refractivity (Wildman–Crippen MR) is 43.9 cm³/mol. The fraction of sp³-hybridized carbons (Fsp3) is 0. The standard InChI is InChI=1S/C7H7N5/c1-2-6(11-8-4-1)10-7-3-5-9-12-7/h1-5H,(H2,9,10,11,12). The molecule has 0 spiro atoms. The largest absolute Gasteiger partial charge is 0.322 e.